The van der Waals surface area contributed by atoms with Crippen LogP contribution in [-0.4, -0.2) is 36.7 Å². The summed E-state index contributed by atoms with van der Waals surface area (Å²) in [5.41, 5.74) is 2.44. The summed E-state index contributed by atoms with van der Waals surface area (Å²) in [4.78, 5) is 27.4. The van der Waals surface area contributed by atoms with Gasteiger partial charge in [-0.1, -0.05) is 42.5 Å². The second kappa shape index (κ2) is 13.7. The SMILES string of the molecule is CCN(C(=O)c1ccc(NC(=S)NC(=O)c2cccc(OCCOc3ccccc3)c2)cc1)c1ccccc1. The number of amides is 2. The van der Waals surface area contributed by atoms with Crippen LogP contribution in [0.25, 0.3) is 0 Å². The minimum absolute atomic E-state index is 0.0974. The van der Waals surface area contributed by atoms with Crippen LogP contribution in [0.3, 0.4) is 0 Å². The van der Waals surface area contributed by atoms with Crippen molar-refractivity contribution in [2.24, 2.45) is 0 Å². The van der Waals surface area contributed by atoms with Gasteiger partial charge in [-0.2, -0.15) is 0 Å². The zero-order valence-corrected chi connectivity index (χ0v) is 22.3. The predicted octanol–water partition coefficient (Wildman–Crippen LogP) is 5.94. The van der Waals surface area contributed by atoms with E-state index in [4.69, 9.17) is 21.7 Å². The van der Waals surface area contributed by atoms with Crippen LogP contribution in [0.4, 0.5) is 11.4 Å². The lowest BCUT2D eigenvalue weighted by molar-refractivity contribution is 0.0973. The molecule has 0 spiro atoms. The molecule has 0 aliphatic heterocycles. The molecule has 2 N–H and O–H groups in total. The van der Waals surface area contributed by atoms with E-state index >= 15 is 0 Å². The normalized spacial score (nSPS) is 10.3. The van der Waals surface area contributed by atoms with Gasteiger partial charge in [0.25, 0.3) is 11.8 Å². The van der Waals surface area contributed by atoms with E-state index in [2.05, 4.69) is 10.6 Å². The summed E-state index contributed by atoms with van der Waals surface area (Å²) in [7, 11) is 0. The molecule has 2 amide bonds. The molecule has 0 saturated carbocycles. The highest BCUT2D eigenvalue weighted by Crippen LogP contribution is 2.18. The van der Waals surface area contributed by atoms with Gasteiger partial charge in [0.05, 0.1) is 0 Å². The Morgan fingerprint density at radius 1 is 0.744 bits per heavy atom. The molecular weight excluding hydrogens is 510 g/mol. The second-order valence-corrected chi connectivity index (χ2v) is 8.82. The topological polar surface area (TPSA) is 79.9 Å². The molecule has 4 rings (SSSR count). The Hall–Kier alpha value is -4.69. The number of carbonyl (C=O) groups is 2. The number of para-hydroxylation sites is 2. The van der Waals surface area contributed by atoms with Gasteiger partial charge < -0.3 is 19.7 Å². The zero-order chi connectivity index (χ0) is 27.5. The molecule has 0 saturated heterocycles. The van der Waals surface area contributed by atoms with Gasteiger partial charge in [-0.05, 0) is 85.9 Å². The summed E-state index contributed by atoms with van der Waals surface area (Å²) < 4.78 is 11.3. The van der Waals surface area contributed by atoms with Crippen molar-refractivity contribution in [1.29, 1.82) is 0 Å². The molecule has 0 aliphatic rings. The number of benzene rings is 4. The van der Waals surface area contributed by atoms with E-state index in [-0.39, 0.29) is 16.9 Å². The average Bonchev–Trinajstić information content (AvgIpc) is 2.97. The predicted molar refractivity (Wildman–Crippen MR) is 158 cm³/mol. The molecular formula is C31H29N3O4S. The molecule has 4 aromatic rings. The third kappa shape index (κ3) is 7.90. The van der Waals surface area contributed by atoms with E-state index in [1.165, 1.54) is 0 Å². The van der Waals surface area contributed by atoms with Crippen LogP contribution in [-0.2, 0) is 0 Å². The minimum Gasteiger partial charge on any atom is -0.490 e. The van der Waals surface area contributed by atoms with Crippen LogP contribution in [0.2, 0.25) is 0 Å². The van der Waals surface area contributed by atoms with Crippen LogP contribution in [0.1, 0.15) is 27.6 Å². The van der Waals surface area contributed by atoms with Crippen molar-refractivity contribution in [1.82, 2.24) is 5.32 Å². The molecule has 39 heavy (non-hydrogen) atoms. The Morgan fingerprint density at radius 3 is 2.03 bits per heavy atom. The van der Waals surface area contributed by atoms with Crippen LogP contribution in [0, 0.1) is 0 Å². The number of hydrogen-bond donors (Lipinski definition) is 2. The Morgan fingerprint density at radius 2 is 1.36 bits per heavy atom. The smallest absolute Gasteiger partial charge is 0.258 e. The van der Waals surface area contributed by atoms with Gasteiger partial charge in [0.15, 0.2) is 5.11 Å². The van der Waals surface area contributed by atoms with E-state index in [9.17, 15) is 9.59 Å². The Bertz CT molecular complexity index is 1400. The van der Waals surface area contributed by atoms with Crippen LogP contribution in [0.15, 0.2) is 109 Å². The molecule has 0 bridgehead atoms. The molecule has 4 aromatic carbocycles. The molecule has 0 heterocycles. The minimum atomic E-state index is -0.369. The number of anilines is 2. The molecule has 8 heteroatoms. The van der Waals surface area contributed by atoms with Gasteiger partial charge in [-0.3, -0.25) is 14.9 Å². The number of rotatable bonds is 10. The maximum Gasteiger partial charge on any atom is 0.258 e. The first-order valence-corrected chi connectivity index (χ1v) is 12.9. The van der Waals surface area contributed by atoms with Gasteiger partial charge >= 0.3 is 0 Å². The third-order valence-corrected chi connectivity index (χ3v) is 5.91. The first-order valence-electron chi connectivity index (χ1n) is 12.5. The molecule has 0 atom stereocenters. The first-order chi connectivity index (χ1) is 19.0. The number of carbonyl (C=O) groups excluding carboxylic acids is 2. The molecule has 0 aromatic heterocycles. The van der Waals surface area contributed by atoms with E-state index in [0.29, 0.717) is 42.3 Å². The first kappa shape index (κ1) is 27.3. The highest BCUT2D eigenvalue weighted by atomic mass is 32.1. The van der Waals surface area contributed by atoms with Crippen molar-refractivity contribution >= 4 is 40.5 Å². The van der Waals surface area contributed by atoms with Gasteiger partial charge in [0.2, 0.25) is 0 Å². The summed E-state index contributed by atoms with van der Waals surface area (Å²) in [6.07, 6.45) is 0. The van der Waals surface area contributed by atoms with Crippen molar-refractivity contribution in [3.63, 3.8) is 0 Å². The molecule has 0 fully saturated rings. The van der Waals surface area contributed by atoms with Crippen molar-refractivity contribution < 1.29 is 19.1 Å². The van der Waals surface area contributed by atoms with Gasteiger partial charge in [0, 0.05) is 29.0 Å². The summed E-state index contributed by atoms with van der Waals surface area (Å²) >= 11 is 5.32. The van der Waals surface area contributed by atoms with Crippen LogP contribution >= 0.6 is 12.2 Å². The summed E-state index contributed by atoms with van der Waals surface area (Å²) in [5.74, 6) is 0.855. The maximum atomic E-state index is 13.0. The summed E-state index contributed by atoms with van der Waals surface area (Å²) in [5, 5.41) is 5.80. The second-order valence-electron chi connectivity index (χ2n) is 8.41. The molecule has 7 nitrogen and oxygen atoms in total. The standard InChI is InChI=1S/C31H29N3O4S/c1-2-34(26-11-5-3-6-12-26)30(36)23-16-18-25(19-17-23)32-31(39)33-29(35)24-10-9-15-28(22-24)38-21-20-37-27-13-7-4-8-14-27/h3-19,22H,2,20-21H2,1H3,(H2,32,33,35,39). The van der Waals surface area contributed by atoms with Crippen molar-refractivity contribution in [3.8, 4) is 11.5 Å². The average molecular weight is 540 g/mol. The zero-order valence-electron chi connectivity index (χ0n) is 21.5. The third-order valence-electron chi connectivity index (χ3n) is 5.71. The van der Waals surface area contributed by atoms with Crippen LogP contribution < -0.4 is 25.0 Å². The van der Waals surface area contributed by atoms with Gasteiger partial charge in [-0.15, -0.1) is 0 Å². The fraction of sp³-hybridized carbons (Fsp3) is 0.129. The molecule has 0 aliphatic carbocycles. The Labute approximate surface area is 233 Å². The Balaban J connectivity index is 1.27. The van der Waals surface area contributed by atoms with Crippen molar-refractivity contribution in [2.45, 2.75) is 6.92 Å². The van der Waals surface area contributed by atoms with E-state index in [1.54, 1.807) is 53.4 Å². The summed E-state index contributed by atoms with van der Waals surface area (Å²) in [6, 6.07) is 32.8. The Kier molecular flexibility index (Phi) is 9.63. The largest absolute Gasteiger partial charge is 0.490 e. The van der Waals surface area contributed by atoms with E-state index in [1.807, 2.05) is 67.6 Å². The molecule has 198 valence electrons. The number of hydrogen-bond acceptors (Lipinski definition) is 5. The quantitative estimate of drug-likeness (QED) is 0.192. The van der Waals surface area contributed by atoms with E-state index < -0.39 is 0 Å². The van der Waals surface area contributed by atoms with Gasteiger partial charge in [-0.25, -0.2) is 0 Å². The van der Waals surface area contributed by atoms with Gasteiger partial charge in [0.1, 0.15) is 24.7 Å². The molecule has 0 radical (unpaired) electrons. The van der Waals surface area contributed by atoms with E-state index in [0.717, 1.165) is 11.4 Å². The van der Waals surface area contributed by atoms with Crippen LogP contribution in [0.5, 0.6) is 11.5 Å². The fourth-order valence-corrected chi connectivity index (χ4v) is 4.01. The number of ether oxygens (including phenoxy) is 2. The van der Waals surface area contributed by atoms with Crippen molar-refractivity contribution in [3.05, 3.63) is 120 Å². The highest BCUT2D eigenvalue weighted by molar-refractivity contribution is 7.80. The number of nitrogens with zero attached hydrogens (tertiary/aromatic N) is 1. The maximum absolute atomic E-state index is 13.0. The monoisotopic (exact) mass is 539 g/mol. The number of thiocarbonyl (C=S) groups is 1. The lowest BCUT2D eigenvalue weighted by Crippen LogP contribution is -2.34. The molecule has 0 unspecified atom stereocenters. The van der Waals surface area contributed by atoms with Crippen molar-refractivity contribution in [2.75, 3.05) is 30.0 Å². The lowest BCUT2D eigenvalue weighted by atomic mass is 10.1. The summed E-state index contributed by atoms with van der Waals surface area (Å²) in [6.45, 7) is 3.19. The number of nitrogens with one attached hydrogen (secondary N) is 2. The lowest BCUT2D eigenvalue weighted by Gasteiger charge is -2.21. The highest BCUT2D eigenvalue weighted by Gasteiger charge is 2.16. The fourth-order valence-electron chi connectivity index (χ4n) is 3.80.